The van der Waals surface area contributed by atoms with Crippen LogP contribution in [0.15, 0.2) is 30.4 Å². The number of anilines is 1. The fraction of sp³-hybridized carbons (Fsp3) is 0.286. The average molecular weight is 262 g/mol. The minimum absolute atomic E-state index is 0.0867. The van der Waals surface area contributed by atoms with Gasteiger partial charge in [-0.3, -0.25) is 0 Å². The standard InChI is InChI=1S/C14H18N2O3/c1-3-4-5-9-15-14(19)16-12-10(2)7-6-8-11(12)13(17)18/h3-4,6-8H,5,9H2,1-2H3,(H,17,18)(H2,15,16,19)/b4-3+. The van der Waals surface area contributed by atoms with Crippen molar-refractivity contribution in [3.05, 3.63) is 41.5 Å². The number of urea groups is 1. The van der Waals surface area contributed by atoms with Crippen LogP contribution in [0.5, 0.6) is 0 Å². The first-order valence-corrected chi connectivity index (χ1v) is 6.05. The smallest absolute Gasteiger partial charge is 0.337 e. The van der Waals surface area contributed by atoms with E-state index in [1.165, 1.54) is 6.07 Å². The zero-order valence-electron chi connectivity index (χ0n) is 11.1. The first-order valence-electron chi connectivity index (χ1n) is 6.05. The lowest BCUT2D eigenvalue weighted by Gasteiger charge is -2.12. The highest BCUT2D eigenvalue weighted by molar-refractivity contribution is 6.00. The van der Waals surface area contributed by atoms with Gasteiger partial charge in [-0.25, -0.2) is 9.59 Å². The van der Waals surface area contributed by atoms with Gasteiger partial charge < -0.3 is 15.7 Å². The molecule has 3 N–H and O–H groups in total. The number of carbonyl (C=O) groups is 2. The van der Waals surface area contributed by atoms with Crippen LogP contribution in [0.1, 0.15) is 29.3 Å². The molecule has 1 rings (SSSR count). The maximum Gasteiger partial charge on any atom is 0.337 e. The Kier molecular flexibility index (Phi) is 5.60. The first kappa shape index (κ1) is 14.8. The Morgan fingerprint density at radius 1 is 1.37 bits per heavy atom. The van der Waals surface area contributed by atoms with E-state index in [0.717, 1.165) is 6.42 Å². The van der Waals surface area contributed by atoms with E-state index in [-0.39, 0.29) is 5.56 Å². The van der Waals surface area contributed by atoms with Gasteiger partial charge in [0.1, 0.15) is 0 Å². The van der Waals surface area contributed by atoms with E-state index >= 15 is 0 Å². The maximum atomic E-state index is 11.7. The quantitative estimate of drug-likeness (QED) is 0.564. The summed E-state index contributed by atoms with van der Waals surface area (Å²) >= 11 is 0. The third kappa shape index (κ3) is 4.46. The summed E-state index contributed by atoms with van der Waals surface area (Å²) in [7, 11) is 0. The molecule has 0 fully saturated rings. The Bertz CT molecular complexity index is 495. The SMILES string of the molecule is C/C=C/CCNC(=O)Nc1c(C)cccc1C(=O)O. The summed E-state index contributed by atoms with van der Waals surface area (Å²) in [6.07, 6.45) is 4.59. The molecule has 0 saturated heterocycles. The molecular weight excluding hydrogens is 244 g/mol. The average Bonchev–Trinajstić information content (AvgIpc) is 2.37. The summed E-state index contributed by atoms with van der Waals surface area (Å²) in [6.45, 7) is 4.17. The van der Waals surface area contributed by atoms with E-state index in [0.29, 0.717) is 17.8 Å². The van der Waals surface area contributed by atoms with E-state index < -0.39 is 12.0 Å². The molecule has 5 nitrogen and oxygen atoms in total. The molecule has 19 heavy (non-hydrogen) atoms. The summed E-state index contributed by atoms with van der Waals surface area (Å²) in [4.78, 5) is 22.7. The summed E-state index contributed by atoms with van der Waals surface area (Å²) in [6, 6.07) is 4.46. The second-order valence-electron chi connectivity index (χ2n) is 4.04. The number of para-hydroxylation sites is 1. The zero-order chi connectivity index (χ0) is 14.3. The van der Waals surface area contributed by atoms with Gasteiger partial charge in [0, 0.05) is 6.54 Å². The Balaban J connectivity index is 2.71. The van der Waals surface area contributed by atoms with Crippen molar-refractivity contribution >= 4 is 17.7 Å². The third-order valence-corrected chi connectivity index (χ3v) is 2.57. The summed E-state index contributed by atoms with van der Waals surface area (Å²) in [5, 5.41) is 14.3. The van der Waals surface area contributed by atoms with Crippen molar-refractivity contribution in [1.29, 1.82) is 0 Å². The fourth-order valence-electron chi connectivity index (χ4n) is 1.61. The van der Waals surface area contributed by atoms with E-state index in [1.807, 2.05) is 19.1 Å². The van der Waals surface area contributed by atoms with Crippen LogP contribution in [-0.2, 0) is 0 Å². The Morgan fingerprint density at radius 3 is 2.74 bits per heavy atom. The van der Waals surface area contributed by atoms with Crippen molar-refractivity contribution in [2.75, 3.05) is 11.9 Å². The summed E-state index contributed by atoms with van der Waals surface area (Å²) < 4.78 is 0. The number of nitrogens with one attached hydrogen (secondary N) is 2. The number of aryl methyl sites for hydroxylation is 1. The second kappa shape index (κ2) is 7.20. The van der Waals surface area contributed by atoms with Crippen LogP contribution in [0.3, 0.4) is 0 Å². The number of benzene rings is 1. The van der Waals surface area contributed by atoms with Gasteiger partial charge in [-0.1, -0.05) is 24.3 Å². The molecular formula is C14H18N2O3. The highest BCUT2D eigenvalue weighted by atomic mass is 16.4. The number of rotatable bonds is 5. The molecule has 102 valence electrons. The molecule has 0 aliphatic carbocycles. The number of aromatic carboxylic acids is 1. The molecule has 1 aromatic carbocycles. The predicted molar refractivity (Wildman–Crippen MR) is 74.6 cm³/mol. The van der Waals surface area contributed by atoms with E-state index in [1.54, 1.807) is 19.1 Å². The summed E-state index contributed by atoms with van der Waals surface area (Å²) in [5.41, 5.74) is 1.13. The van der Waals surface area contributed by atoms with Gasteiger partial charge in [0.25, 0.3) is 0 Å². The van der Waals surface area contributed by atoms with Crippen molar-refractivity contribution in [1.82, 2.24) is 5.32 Å². The molecule has 0 atom stereocenters. The molecule has 1 aromatic rings. The Labute approximate surface area is 112 Å². The van der Waals surface area contributed by atoms with Gasteiger partial charge in [0.15, 0.2) is 0 Å². The van der Waals surface area contributed by atoms with Crippen LogP contribution in [-0.4, -0.2) is 23.7 Å². The van der Waals surface area contributed by atoms with Gasteiger partial charge in [0.05, 0.1) is 11.3 Å². The zero-order valence-corrected chi connectivity index (χ0v) is 11.1. The minimum Gasteiger partial charge on any atom is -0.478 e. The van der Waals surface area contributed by atoms with Crippen LogP contribution in [0.2, 0.25) is 0 Å². The fourth-order valence-corrected chi connectivity index (χ4v) is 1.61. The molecule has 2 amide bonds. The molecule has 0 aromatic heterocycles. The monoisotopic (exact) mass is 262 g/mol. The van der Waals surface area contributed by atoms with Crippen molar-refractivity contribution in [3.8, 4) is 0 Å². The minimum atomic E-state index is -1.06. The number of carbonyl (C=O) groups excluding carboxylic acids is 1. The molecule has 0 saturated carbocycles. The lowest BCUT2D eigenvalue weighted by atomic mass is 10.1. The number of allylic oxidation sites excluding steroid dienone is 1. The van der Waals surface area contributed by atoms with Crippen LogP contribution >= 0.6 is 0 Å². The number of hydrogen-bond acceptors (Lipinski definition) is 2. The van der Waals surface area contributed by atoms with Gasteiger partial charge in [-0.05, 0) is 31.9 Å². The molecule has 0 radical (unpaired) electrons. The maximum absolute atomic E-state index is 11.7. The molecule has 0 unspecified atom stereocenters. The third-order valence-electron chi connectivity index (χ3n) is 2.57. The highest BCUT2D eigenvalue weighted by Gasteiger charge is 2.13. The van der Waals surface area contributed by atoms with Crippen molar-refractivity contribution < 1.29 is 14.7 Å². The Morgan fingerprint density at radius 2 is 2.11 bits per heavy atom. The van der Waals surface area contributed by atoms with Crippen LogP contribution in [0.4, 0.5) is 10.5 Å². The molecule has 0 bridgehead atoms. The largest absolute Gasteiger partial charge is 0.478 e. The summed E-state index contributed by atoms with van der Waals surface area (Å²) in [5.74, 6) is -1.06. The van der Waals surface area contributed by atoms with Gasteiger partial charge in [0.2, 0.25) is 0 Å². The van der Waals surface area contributed by atoms with E-state index in [9.17, 15) is 9.59 Å². The predicted octanol–water partition coefficient (Wildman–Crippen LogP) is 2.78. The lowest BCUT2D eigenvalue weighted by Crippen LogP contribution is -2.30. The molecule has 5 heteroatoms. The topological polar surface area (TPSA) is 78.4 Å². The van der Waals surface area contributed by atoms with Crippen molar-refractivity contribution in [2.24, 2.45) is 0 Å². The van der Waals surface area contributed by atoms with Crippen LogP contribution in [0, 0.1) is 6.92 Å². The van der Waals surface area contributed by atoms with Crippen molar-refractivity contribution in [2.45, 2.75) is 20.3 Å². The van der Waals surface area contributed by atoms with Gasteiger partial charge in [-0.2, -0.15) is 0 Å². The van der Waals surface area contributed by atoms with Gasteiger partial charge in [-0.15, -0.1) is 0 Å². The first-order chi connectivity index (χ1) is 9.06. The number of hydrogen-bond donors (Lipinski definition) is 3. The van der Waals surface area contributed by atoms with Gasteiger partial charge >= 0.3 is 12.0 Å². The second-order valence-corrected chi connectivity index (χ2v) is 4.04. The highest BCUT2D eigenvalue weighted by Crippen LogP contribution is 2.20. The lowest BCUT2D eigenvalue weighted by molar-refractivity contribution is 0.0698. The molecule has 0 aliphatic heterocycles. The molecule has 0 spiro atoms. The number of carboxylic acids is 1. The van der Waals surface area contributed by atoms with Crippen LogP contribution in [0.25, 0.3) is 0 Å². The number of amides is 2. The Hall–Kier alpha value is -2.30. The van der Waals surface area contributed by atoms with E-state index in [2.05, 4.69) is 10.6 Å². The molecule has 0 heterocycles. The van der Waals surface area contributed by atoms with Crippen LogP contribution < -0.4 is 10.6 Å². The van der Waals surface area contributed by atoms with Crippen molar-refractivity contribution in [3.63, 3.8) is 0 Å². The van der Waals surface area contributed by atoms with E-state index in [4.69, 9.17) is 5.11 Å². The molecule has 0 aliphatic rings. The number of carboxylic acid groups (broad SMARTS) is 1. The normalized spacial score (nSPS) is 10.4.